The van der Waals surface area contributed by atoms with Crippen LogP contribution < -0.4 is 10.6 Å². The lowest BCUT2D eigenvalue weighted by molar-refractivity contribution is -0.120. The fraction of sp³-hybridized carbons (Fsp3) is 0.400. The molecule has 0 radical (unpaired) electrons. The zero-order valence-electron chi connectivity index (χ0n) is 12.7. The van der Waals surface area contributed by atoms with Gasteiger partial charge in [-0.05, 0) is 18.7 Å². The van der Waals surface area contributed by atoms with Gasteiger partial charge in [-0.2, -0.15) is 0 Å². The Kier molecular flexibility index (Phi) is 8.29. The summed E-state index contributed by atoms with van der Waals surface area (Å²) in [6.45, 7) is 2.17. The van der Waals surface area contributed by atoms with Crippen molar-refractivity contribution in [3.05, 3.63) is 36.2 Å². The second-order valence-corrected chi connectivity index (χ2v) is 4.78. The van der Waals surface area contributed by atoms with Crippen molar-refractivity contribution < 1.29 is 14.7 Å². The first-order valence-corrected chi connectivity index (χ1v) is 7.06. The smallest absolute Gasteiger partial charge is 0.404 e. The largest absolute Gasteiger partial charge is 0.465 e. The molecule has 1 aromatic rings. The molecule has 0 unspecified atom stereocenters. The van der Waals surface area contributed by atoms with E-state index in [9.17, 15) is 9.59 Å². The first kappa shape index (κ1) is 17.6. The summed E-state index contributed by atoms with van der Waals surface area (Å²) in [7, 11) is 1.87. The first-order chi connectivity index (χ1) is 10.6. The van der Waals surface area contributed by atoms with Crippen LogP contribution in [0.4, 0.5) is 4.79 Å². The molecular weight excluding hydrogens is 284 g/mol. The number of rotatable bonds is 9. The lowest BCUT2D eigenvalue weighted by Crippen LogP contribution is -2.37. The fourth-order valence-corrected chi connectivity index (χ4v) is 1.70. The number of likely N-dealkylation sites (N-methyl/N-ethyl adjacent to an activating group) is 1. The molecule has 7 nitrogen and oxygen atoms in total. The predicted octanol–water partition coefficient (Wildman–Crippen LogP) is 0.801. The van der Waals surface area contributed by atoms with Gasteiger partial charge in [0.15, 0.2) is 0 Å². The summed E-state index contributed by atoms with van der Waals surface area (Å²) < 4.78 is 0. The van der Waals surface area contributed by atoms with Crippen molar-refractivity contribution in [2.75, 3.05) is 33.2 Å². The third kappa shape index (κ3) is 8.70. The maximum atomic E-state index is 11.6. The standard InChI is InChI=1S/C15H22N4O3/c1-19(11-9-18-15(21)22)10-8-17-14(20)6-2-4-13-5-3-7-16-12-13/h2-5,7,12,18H,6,8-11H2,1H3,(H,17,20)(H,21,22). The topological polar surface area (TPSA) is 94.6 Å². The summed E-state index contributed by atoms with van der Waals surface area (Å²) in [5.74, 6) is -0.0443. The van der Waals surface area contributed by atoms with E-state index in [1.54, 1.807) is 18.5 Å². The number of hydrogen-bond acceptors (Lipinski definition) is 4. The Morgan fingerprint density at radius 1 is 1.32 bits per heavy atom. The van der Waals surface area contributed by atoms with Crippen LogP contribution >= 0.6 is 0 Å². The van der Waals surface area contributed by atoms with Crippen molar-refractivity contribution in [3.63, 3.8) is 0 Å². The van der Waals surface area contributed by atoms with Crippen LogP contribution in [0.5, 0.6) is 0 Å². The van der Waals surface area contributed by atoms with E-state index in [0.29, 0.717) is 32.6 Å². The Morgan fingerprint density at radius 2 is 2.05 bits per heavy atom. The van der Waals surface area contributed by atoms with Gasteiger partial charge >= 0.3 is 6.09 Å². The van der Waals surface area contributed by atoms with Gasteiger partial charge in [-0.15, -0.1) is 0 Å². The summed E-state index contributed by atoms with van der Waals surface area (Å²) >= 11 is 0. The fourth-order valence-electron chi connectivity index (χ4n) is 1.70. The SMILES string of the molecule is CN(CCNC(=O)O)CCNC(=O)CC=Cc1cccnc1. The molecule has 22 heavy (non-hydrogen) atoms. The van der Waals surface area contributed by atoms with Gasteiger partial charge in [0, 0.05) is 45.0 Å². The van der Waals surface area contributed by atoms with E-state index >= 15 is 0 Å². The van der Waals surface area contributed by atoms with Crippen LogP contribution in [-0.4, -0.2) is 60.2 Å². The molecule has 1 heterocycles. The Balaban J connectivity index is 2.10. The van der Waals surface area contributed by atoms with E-state index in [-0.39, 0.29) is 5.91 Å². The Bertz CT molecular complexity index is 491. The molecule has 1 rings (SSSR count). The maximum Gasteiger partial charge on any atom is 0.404 e. The Labute approximate surface area is 130 Å². The highest BCUT2D eigenvalue weighted by Gasteiger charge is 2.01. The van der Waals surface area contributed by atoms with Crippen LogP contribution in [0.3, 0.4) is 0 Å². The molecule has 0 bridgehead atoms. The van der Waals surface area contributed by atoms with E-state index in [2.05, 4.69) is 15.6 Å². The van der Waals surface area contributed by atoms with E-state index in [1.807, 2.05) is 30.2 Å². The van der Waals surface area contributed by atoms with Crippen molar-refractivity contribution in [3.8, 4) is 0 Å². The zero-order valence-corrected chi connectivity index (χ0v) is 12.7. The molecule has 0 atom stereocenters. The number of carboxylic acid groups (broad SMARTS) is 1. The molecule has 3 N–H and O–H groups in total. The Hall–Kier alpha value is -2.41. The van der Waals surface area contributed by atoms with E-state index in [4.69, 9.17) is 5.11 Å². The minimum atomic E-state index is -1.03. The number of nitrogens with one attached hydrogen (secondary N) is 2. The molecule has 0 aromatic carbocycles. The summed E-state index contributed by atoms with van der Waals surface area (Å²) in [6, 6.07) is 3.76. The Morgan fingerprint density at radius 3 is 2.68 bits per heavy atom. The lowest BCUT2D eigenvalue weighted by Gasteiger charge is -2.16. The van der Waals surface area contributed by atoms with Crippen LogP contribution in [0.25, 0.3) is 6.08 Å². The normalized spacial score (nSPS) is 10.8. The second-order valence-electron chi connectivity index (χ2n) is 4.78. The van der Waals surface area contributed by atoms with Gasteiger partial charge < -0.3 is 20.6 Å². The van der Waals surface area contributed by atoms with Crippen LogP contribution in [0.15, 0.2) is 30.6 Å². The second kappa shape index (κ2) is 10.3. The van der Waals surface area contributed by atoms with Gasteiger partial charge in [-0.25, -0.2) is 4.79 Å². The van der Waals surface area contributed by atoms with Crippen LogP contribution in [0.1, 0.15) is 12.0 Å². The highest BCUT2D eigenvalue weighted by Crippen LogP contribution is 1.99. The summed E-state index contributed by atoms with van der Waals surface area (Å²) in [5.41, 5.74) is 0.959. The third-order valence-electron chi connectivity index (χ3n) is 2.88. The molecule has 0 saturated heterocycles. The number of hydrogen-bond donors (Lipinski definition) is 3. The summed E-state index contributed by atoms with van der Waals surface area (Å²) in [6.07, 6.45) is 6.38. The molecule has 0 fully saturated rings. The van der Waals surface area contributed by atoms with Gasteiger partial charge in [0.25, 0.3) is 0 Å². The number of carbonyl (C=O) groups is 2. The van der Waals surface area contributed by atoms with Gasteiger partial charge in [0.2, 0.25) is 5.91 Å². The monoisotopic (exact) mass is 306 g/mol. The lowest BCUT2D eigenvalue weighted by atomic mass is 10.2. The van der Waals surface area contributed by atoms with Crippen molar-refractivity contribution >= 4 is 18.1 Å². The number of pyridine rings is 1. The van der Waals surface area contributed by atoms with Gasteiger partial charge in [0.05, 0.1) is 0 Å². The maximum absolute atomic E-state index is 11.6. The third-order valence-corrected chi connectivity index (χ3v) is 2.88. The van der Waals surface area contributed by atoms with Gasteiger partial charge in [-0.3, -0.25) is 9.78 Å². The molecular formula is C15H22N4O3. The van der Waals surface area contributed by atoms with Crippen LogP contribution in [0.2, 0.25) is 0 Å². The van der Waals surface area contributed by atoms with Crippen molar-refractivity contribution in [1.29, 1.82) is 0 Å². The first-order valence-electron chi connectivity index (χ1n) is 7.06. The highest BCUT2D eigenvalue weighted by atomic mass is 16.4. The van der Waals surface area contributed by atoms with Crippen molar-refractivity contribution in [2.45, 2.75) is 6.42 Å². The molecule has 0 saturated carbocycles. The van der Waals surface area contributed by atoms with E-state index in [0.717, 1.165) is 5.56 Å². The average Bonchev–Trinajstić information content (AvgIpc) is 2.48. The molecule has 0 aliphatic heterocycles. The average molecular weight is 306 g/mol. The molecule has 1 aromatic heterocycles. The van der Waals surface area contributed by atoms with Gasteiger partial charge in [0.1, 0.15) is 0 Å². The molecule has 0 spiro atoms. The zero-order chi connectivity index (χ0) is 16.2. The number of carbonyl (C=O) groups excluding carboxylic acids is 1. The molecule has 0 aliphatic carbocycles. The highest BCUT2D eigenvalue weighted by molar-refractivity contribution is 5.78. The molecule has 7 heteroatoms. The minimum absolute atomic E-state index is 0.0443. The van der Waals surface area contributed by atoms with Crippen LogP contribution in [0, 0.1) is 0 Å². The molecule has 120 valence electrons. The number of aromatic nitrogens is 1. The quantitative estimate of drug-likeness (QED) is 0.627. The van der Waals surface area contributed by atoms with Gasteiger partial charge in [-0.1, -0.05) is 18.2 Å². The minimum Gasteiger partial charge on any atom is -0.465 e. The number of amides is 2. The van der Waals surface area contributed by atoms with Crippen molar-refractivity contribution in [2.24, 2.45) is 0 Å². The summed E-state index contributed by atoms with van der Waals surface area (Å²) in [5, 5.41) is 13.6. The van der Waals surface area contributed by atoms with Crippen molar-refractivity contribution in [1.82, 2.24) is 20.5 Å². The molecule has 2 amide bonds. The summed E-state index contributed by atoms with van der Waals surface area (Å²) in [4.78, 5) is 27.9. The predicted molar refractivity (Wildman–Crippen MR) is 84.4 cm³/mol. The molecule has 0 aliphatic rings. The van der Waals surface area contributed by atoms with E-state index in [1.165, 1.54) is 0 Å². The number of nitrogens with zero attached hydrogens (tertiary/aromatic N) is 2. The van der Waals surface area contributed by atoms with E-state index < -0.39 is 6.09 Å². The van der Waals surface area contributed by atoms with Crippen LogP contribution in [-0.2, 0) is 4.79 Å².